The lowest BCUT2D eigenvalue weighted by molar-refractivity contribution is 0.0955. The Balaban J connectivity index is 1.45. The molecule has 3 rings (SSSR count). The van der Waals surface area contributed by atoms with E-state index in [1.807, 2.05) is 25.1 Å². The zero-order chi connectivity index (χ0) is 25.4. The van der Waals surface area contributed by atoms with Crippen LogP contribution < -0.4 is 15.5 Å². The molecule has 0 spiro atoms. The third-order valence-electron chi connectivity index (χ3n) is 4.94. The number of nitrogens with zero attached hydrogens (tertiary/aromatic N) is 1. The monoisotopic (exact) mass is 553 g/mol. The van der Waals surface area contributed by atoms with Gasteiger partial charge in [0.1, 0.15) is 18.1 Å². The normalized spacial score (nSPS) is 11.1. The molecule has 0 aromatic heterocycles. The minimum Gasteiger partial charge on any atom is -0.506 e. The molecule has 10 heteroatoms. The van der Waals surface area contributed by atoms with E-state index in [1.165, 1.54) is 24.4 Å². The quantitative estimate of drug-likeness (QED) is 0.156. The van der Waals surface area contributed by atoms with Crippen molar-refractivity contribution in [2.75, 3.05) is 19.7 Å². The van der Waals surface area contributed by atoms with Gasteiger partial charge in [-0.1, -0.05) is 52.5 Å². The molecule has 35 heavy (non-hydrogen) atoms. The second-order valence-electron chi connectivity index (χ2n) is 7.61. The molecule has 0 saturated heterocycles. The van der Waals surface area contributed by atoms with E-state index in [2.05, 4.69) is 15.8 Å². The third-order valence-corrected chi connectivity index (χ3v) is 6.26. The standard InChI is InChI=1S/C25H23Cl4N3O3/c1-15-10-17(14-31-32-25(34)18-3-5-23(33)21(28)13-18)12-22(29)24(15)35-9-8-30-7-6-16-2-4-19(26)20(27)11-16/h2-5,10-14,30,33H,6-9H2,1H3,(H,32,34)/b31-14-. The van der Waals surface area contributed by atoms with Crippen LogP contribution in [0.2, 0.25) is 20.1 Å². The number of phenolic OH excluding ortho intramolecular Hbond substituents is 1. The molecular weight excluding hydrogens is 532 g/mol. The van der Waals surface area contributed by atoms with Crippen molar-refractivity contribution < 1.29 is 14.6 Å². The first kappa shape index (κ1) is 27.1. The number of amides is 1. The van der Waals surface area contributed by atoms with Gasteiger partial charge in [-0.15, -0.1) is 0 Å². The molecule has 0 aliphatic heterocycles. The minimum absolute atomic E-state index is 0.0845. The molecule has 3 aromatic rings. The van der Waals surface area contributed by atoms with Crippen LogP contribution in [-0.4, -0.2) is 36.9 Å². The van der Waals surface area contributed by atoms with Crippen LogP contribution in [0.3, 0.4) is 0 Å². The summed E-state index contributed by atoms with van der Waals surface area (Å²) in [6, 6.07) is 13.3. The predicted octanol–water partition coefficient (Wildman–Crippen LogP) is 6.29. The Morgan fingerprint density at radius 1 is 0.971 bits per heavy atom. The van der Waals surface area contributed by atoms with Crippen molar-refractivity contribution in [3.8, 4) is 11.5 Å². The molecule has 3 N–H and O–H groups in total. The zero-order valence-corrected chi connectivity index (χ0v) is 21.8. The van der Waals surface area contributed by atoms with Gasteiger partial charge in [0.05, 0.1) is 26.3 Å². The number of aromatic hydroxyl groups is 1. The number of hydrogen-bond acceptors (Lipinski definition) is 5. The van der Waals surface area contributed by atoms with Gasteiger partial charge in [0.2, 0.25) is 0 Å². The number of aryl methyl sites for hydroxylation is 1. The van der Waals surface area contributed by atoms with Crippen LogP contribution in [0.1, 0.15) is 27.0 Å². The topological polar surface area (TPSA) is 83.0 Å². The smallest absolute Gasteiger partial charge is 0.271 e. The fraction of sp³-hybridized carbons (Fsp3) is 0.200. The van der Waals surface area contributed by atoms with Gasteiger partial charge < -0.3 is 15.2 Å². The Bertz CT molecular complexity index is 1210. The van der Waals surface area contributed by atoms with Crippen molar-refractivity contribution in [3.63, 3.8) is 0 Å². The highest BCUT2D eigenvalue weighted by molar-refractivity contribution is 6.42. The van der Waals surface area contributed by atoms with Gasteiger partial charge in [0.25, 0.3) is 5.91 Å². The van der Waals surface area contributed by atoms with E-state index < -0.39 is 5.91 Å². The molecule has 0 bridgehead atoms. The van der Waals surface area contributed by atoms with Gasteiger partial charge in [0.15, 0.2) is 0 Å². The lowest BCUT2D eigenvalue weighted by atomic mass is 10.1. The summed E-state index contributed by atoms with van der Waals surface area (Å²) in [5, 5.41) is 18.4. The summed E-state index contributed by atoms with van der Waals surface area (Å²) in [4.78, 5) is 12.2. The summed E-state index contributed by atoms with van der Waals surface area (Å²) in [5.74, 6) is 0.0358. The van der Waals surface area contributed by atoms with Crippen LogP contribution in [-0.2, 0) is 6.42 Å². The summed E-state index contributed by atoms with van der Waals surface area (Å²) in [5.41, 5.74) is 5.33. The van der Waals surface area contributed by atoms with E-state index in [0.717, 1.165) is 24.1 Å². The van der Waals surface area contributed by atoms with E-state index in [-0.39, 0.29) is 16.3 Å². The van der Waals surface area contributed by atoms with Crippen molar-refractivity contribution in [1.29, 1.82) is 0 Å². The fourth-order valence-electron chi connectivity index (χ4n) is 3.17. The Morgan fingerprint density at radius 3 is 2.49 bits per heavy atom. The number of nitrogens with one attached hydrogen (secondary N) is 2. The molecule has 0 fully saturated rings. The summed E-state index contributed by atoms with van der Waals surface area (Å²) in [7, 11) is 0. The molecule has 6 nitrogen and oxygen atoms in total. The molecule has 0 saturated carbocycles. The molecule has 0 aliphatic rings. The molecule has 0 heterocycles. The second-order valence-corrected chi connectivity index (χ2v) is 9.24. The SMILES string of the molecule is Cc1cc(/C=N\NC(=O)c2ccc(O)c(Cl)c2)cc(Cl)c1OCCNCCc1ccc(Cl)c(Cl)c1. The van der Waals surface area contributed by atoms with E-state index in [4.69, 9.17) is 51.1 Å². The number of carbonyl (C=O) groups is 1. The number of ether oxygens (including phenoxy) is 1. The maximum Gasteiger partial charge on any atom is 0.271 e. The first-order chi connectivity index (χ1) is 16.7. The van der Waals surface area contributed by atoms with Crippen LogP contribution in [0.5, 0.6) is 11.5 Å². The lowest BCUT2D eigenvalue weighted by Crippen LogP contribution is -2.23. The first-order valence-electron chi connectivity index (χ1n) is 10.6. The largest absolute Gasteiger partial charge is 0.506 e. The maximum absolute atomic E-state index is 12.2. The number of carbonyl (C=O) groups excluding carboxylic acids is 1. The first-order valence-corrected chi connectivity index (χ1v) is 12.2. The Labute approximate surface area is 223 Å². The highest BCUT2D eigenvalue weighted by atomic mass is 35.5. The van der Waals surface area contributed by atoms with Crippen molar-refractivity contribution in [3.05, 3.63) is 90.9 Å². The molecule has 0 unspecified atom stereocenters. The molecule has 0 atom stereocenters. The number of halogens is 4. The van der Waals surface area contributed by atoms with Crippen molar-refractivity contribution >= 4 is 58.5 Å². The summed E-state index contributed by atoms with van der Waals surface area (Å²) < 4.78 is 5.85. The van der Waals surface area contributed by atoms with Gasteiger partial charge in [-0.05, 0) is 79.0 Å². The minimum atomic E-state index is -0.461. The van der Waals surface area contributed by atoms with E-state index >= 15 is 0 Å². The van der Waals surface area contributed by atoms with Crippen molar-refractivity contribution in [2.45, 2.75) is 13.3 Å². The average Bonchev–Trinajstić information content (AvgIpc) is 2.81. The Morgan fingerprint density at radius 2 is 1.77 bits per heavy atom. The summed E-state index contributed by atoms with van der Waals surface area (Å²) >= 11 is 24.2. The van der Waals surface area contributed by atoms with Crippen LogP contribution in [0.15, 0.2) is 53.6 Å². The van der Waals surface area contributed by atoms with Gasteiger partial charge in [-0.25, -0.2) is 5.43 Å². The maximum atomic E-state index is 12.2. The summed E-state index contributed by atoms with van der Waals surface area (Å²) in [6.45, 7) is 3.74. The van der Waals surface area contributed by atoms with E-state index in [9.17, 15) is 9.90 Å². The zero-order valence-electron chi connectivity index (χ0n) is 18.7. The third kappa shape index (κ3) is 8.02. The van der Waals surface area contributed by atoms with Crippen LogP contribution >= 0.6 is 46.4 Å². The Kier molecular flexibility index (Phi) is 10.1. The lowest BCUT2D eigenvalue weighted by Gasteiger charge is -2.12. The average molecular weight is 555 g/mol. The van der Waals surface area contributed by atoms with Crippen LogP contribution in [0, 0.1) is 6.92 Å². The van der Waals surface area contributed by atoms with Gasteiger partial charge in [-0.3, -0.25) is 4.79 Å². The van der Waals surface area contributed by atoms with E-state index in [1.54, 1.807) is 12.1 Å². The van der Waals surface area contributed by atoms with E-state index in [0.29, 0.717) is 39.5 Å². The van der Waals surface area contributed by atoms with Crippen LogP contribution in [0.25, 0.3) is 0 Å². The number of hydrogen-bond donors (Lipinski definition) is 3. The molecule has 0 radical (unpaired) electrons. The number of hydrazone groups is 1. The van der Waals surface area contributed by atoms with Gasteiger partial charge >= 0.3 is 0 Å². The molecule has 3 aromatic carbocycles. The van der Waals surface area contributed by atoms with Gasteiger partial charge in [0, 0.05) is 12.1 Å². The van der Waals surface area contributed by atoms with Crippen molar-refractivity contribution in [1.82, 2.24) is 10.7 Å². The molecular formula is C25H23Cl4N3O3. The number of phenols is 1. The van der Waals surface area contributed by atoms with Crippen molar-refractivity contribution in [2.24, 2.45) is 5.10 Å². The Hall–Kier alpha value is -2.48. The molecule has 0 aliphatic carbocycles. The second kappa shape index (κ2) is 13.0. The number of rotatable bonds is 10. The number of benzene rings is 3. The fourth-order valence-corrected chi connectivity index (χ4v) is 4.00. The van der Waals surface area contributed by atoms with Crippen LogP contribution in [0.4, 0.5) is 0 Å². The predicted molar refractivity (Wildman–Crippen MR) is 143 cm³/mol. The highest BCUT2D eigenvalue weighted by Gasteiger charge is 2.09. The highest BCUT2D eigenvalue weighted by Crippen LogP contribution is 2.29. The molecule has 184 valence electrons. The van der Waals surface area contributed by atoms with Gasteiger partial charge in [-0.2, -0.15) is 5.10 Å². The summed E-state index contributed by atoms with van der Waals surface area (Å²) in [6.07, 6.45) is 2.30. The molecule has 1 amide bonds.